The van der Waals surface area contributed by atoms with E-state index in [2.05, 4.69) is 14.9 Å². The fourth-order valence-corrected chi connectivity index (χ4v) is 3.47. The van der Waals surface area contributed by atoms with Crippen molar-refractivity contribution in [2.24, 2.45) is 0 Å². The Morgan fingerprint density at radius 1 is 1.09 bits per heavy atom. The topological polar surface area (TPSA) is 75.2 Å². The summed E-state index contributed by atoms with van der Waals surface area (Å²) in [6.07, 6.45) is 0. The Balaban J connectivity index is 2.22. The molecule has 0 spiro atoms. The SMILES string of the molecule is CCN(CC)c1ccc(NS(=O)(=O)c2ccccc2Cl)nn1. The molecular weight excluding hydrogens is 324 g/mol. The van der Waals surface area contributed by atoms with Gasteiger partial charge in [-0.05, 0) is 38.1 Å². The number of anilines is 2. The summed E-state index contributed by atoms with van der Waals surface area (Å²) in [6, 6.07) is 9.53. The number of rotatable bonds is 6. The van der Waals surface area contributed by atoms with E-state index in [0.717, 1.165) is 13.1 Å². The number of sulfonamides is 1. The summed E-state index contributed by atoms with van der Waals surface area (Å²) in [5, 5.41) is 8.10. The first-order valence-corrected chi connectivity index (χ1v) is 8.70. The first-order chi connectivity index (χ1) is 10.5. The lowest BCUT2D eigenvalue weighted by atomic mass is 10.4. The summed E-state index contributed by atoms with van der Waals surface area (Å²) >= 11 is 5.92. The summed E-state index contributed by atoms with van der Waals surface area (Å²) < 4.78 is 26.9. The minimum absolute atomic E-state index is 0.00582. The van der Waals surface area contributed by atoms with Crippen LogP contribution in [0.5, 0.6) is 0 Å². The van der Waals surface area contributed by atoms with Crippen molar-refractivity contribution in [3.8, 4) is 0 Å². The summed E-state index contributed by atoms with van der Waals surface area (Å²) in [7, 11) is -3.79. The van der Waals surface area contributed by atoms with Gasteiger partial charge in [-0.15, -0.1) is 10.2 Å². The van der Waals surface area contributed by atoms with Gasteiger partial charge in [-0.3, -0.25) is 4.72 Å². The average Bonchev–Trinajstić information content (AvgIpc) is 2.50. The van der Waals surface area contributed by atoms with E-state index in [4.69, 9.17) is 11.6 Å². The van der Waals surface area contributed by atoms with Gasteiger partial charge in [0, 0.05) is 13.1 Å². The van der Waals surface area contributed by atoms with E-state index >= 15 is 0 Å². The van der Waals surface area contributed by atoms with Gasteiger partial charge in [0.05, 0.1) is 5.02 Å². The van der Waals surface area contributed by atoms with Crippen LogP contribution in [0.4, 0.5) is 11.6 Å². The van der Waals surface area contributed by atoms with Gasteiger partial charge in [0.2, 0.25) is 0 Å². The van der Waals surface area contributed by atoms with Crippen molar-refractivity contribution in [1.29, 1.82) is 0 Å². The fourth-order valence-electron chi connectivity index (χ4n) is 1.95. The number of hydrogen-bond acceptors (Lipinski definition) is 5. The third-order valence-corrected chi connectivity index (χ3v) is 4.96. The van der Waals surface area contributed by atoms with E-state index in [1.54, 1.807) is 24.3 Å². The van der Waals surface area contributed by atoms with Crippen LogP contribution in [0.25, 0.3) is 0 Å². The summed E-state index contributed by atoms with van der Waals surface area (Å²) in [5.74, 6) is 0.849. The van der Waals surface area contributed by atoms with Gasteiger partial charge in [-0.25, -0.2) is 8.42 Å². The second-order valence-electron chi connectivity index (χ2n) is 4.48. The molecular formula is C14H17ClN4O2S. The highest BCUT2D eigenvalue weighted by molar-refractivity contribution is 7.92. The Kier molecular flexibility index (Phi) is 5.20. The van der Waals surface area contributed by atoms with Crippen LogP contribution in [0.15, 0.2) is 41.3 Å². The van der Waals surface area contributed by atoms with Crippen LogP contribution in [0.2, 0.25) is 5.02 Å². The highest BCUT2D eigenvalue weighted by Crippen LogP contribution is 2.22. The average molecular weight is 341 g/mol. The monoisotopic (exact) mass is 340 g/mol. The predicted octanol–water partition coefficient (Wildman–Crippen LogP) is 2.78. The molecule has 0 aliphatic carbocycles. The largest absolute Gasteiger partial charge is 0.356 e. The van der Waals surface area contributed by atoms with Gasteiger partial charge in [0.25, 0.3) is 10.0 Å². The van der Waals surface area contributed by atoms with Gasteiger partial charge in [0.1, 0.15) is 4.90 Å². The molecule has 0 bridgehead atoms. The van der Waals surface area contributed by atoms with E-state index in [1.165, 1.54) is 12.1 Å². The standard InChI is InChI=1S/C14H17ClN4O2S/c1-3-19(4-2)14-10-9-13(16-17-14)18-22(20,21)12-8-6-5-7-11(12)15/h5-10H,3-4H2,1-2H3,(H,16,18). The second-order valence-corrected chi connectivity index (χ2v) is 6.54. The van der Waals surface area contributed by atoms with Crippen LogP contribution in [-0.2, 0) is 10.0 Å². The number of nitrogens with one attached hydrogen (secondary N) is 1. The molecule has 0 unspecified atom stereocenters. The van der Waals surface area contributed by atoms with Crippen molar-refractivity contribution >= 4 is 33.3 Å². The molecule has 0 amide bonds. The molecule has 0 saturated heterocycles. The van der Waals surface area contributed by atoms with Crippen LogP contribution < -0.4 is 9.62 Å². The van der Waals surface area contributed by atoms with Gasteiger partial charge < -0.3 is 4.90 Å². The van der Waals surface area contributed by atoms with Gasteiger partial charge in [-0.2, -0.15) is 0 Å². The molecule has 0 radical (unpaired) electrons. The smallest absolute Gasteiger partial charge is 0.264 e. The number of aromatic nitrogens is 2. The molecule has 0 saturated carbocycles. The molecule has 0 aliphatic heterocycles. The number of benzene rings is 1. The van der Waals surface area contributed by atoms with Crippen LogP contribution >= 0.6 is 11.6 Å². The molecule has 22 heavy (non-hydrogen) atoms. The fraction of sp³-hybridized carbons (Fsp3) is 0.286. The van der Waals surface area contributed by atoms with Crippen LogP contribution in [0, 0.1) is 0 Å². The van der Waals surface area contributed by atoms with E-state index in [0.29, 0.717) is 5.82 Å². The molecule has 1 N–H and O–H groups in total. The zero-order chi connectivity index (χ0) is 16.2. The molecule has 1 heterocycles. The molecule has 2 aromatic rings. The summed E-state index contributed by atoms with van der Waals surface area (Å²) in [5.41, 5.74) is 0. The normalized spacial score (nSPS) is 11.2. The molecule has 0 aliphatic rings. The highest BCUT2D eigenvalue weighted by Gasteiger charge is 2.18. The van der Waals surface area contributed by atoms with Crippen molar-refractivity contribution in [3.05, 3.63) is 41.4 Å². The van der Waals surface area contributed by atoms with Crippen LogP contribution in [0.1, 0.15) is 13.8 Å². The molecule has 118 valence electrons. The Labute approximate surface area is 135 Å². The molecule has 6 nitrogen and oxygen atoms in total. The van der Waals surface area contributed by atoms with Crippen LogP contribution in [0.3, 0.4) is 0 Å². The number of nitrogens with zero attached hydrogens (tertiary/aromatic N) is 3. The summed E-state index contributed by atoms with van der Waals surface area (Å²) in [6.45, 7) is 5.63. The van der Waals surface area contributed by atoms with Crippen molar-refractivity contribution in [3.63, 3.8) is 0 Å². The van der Waals surface area contributed by atoms with Gasteiger partial charge in [0.15, 0.2) is 11.6 Å². The summed E-state index contributed by atoms with van der Waals surface area (Å²) in [4.78, 5) is 2.02. The second kappa shape index (κ2) is 6.93. The van der Waals surface area contributed by atoms with Crippen LogP contribution in [-0.4, -0.2) is 31.7 Å². The van der Waals surface area contributed by atoms with E-state index in [1.807, 2.05) is 18.7 Å². The Morgan fingerprint density at radius 2 is 1.77 bits per heavy atom. The molecule has 1 aromatic carbocycles. The van der Waals surface area contributed by atoms with Gasteiger partial charge in [-0.1, -0.05) is 23.7 Å². The minimum atomic E-state index is -3.79. The molecule has 8 heteroatoms. The molecule has 0 fully saturated rings. The third-order valence-electron chi connectivity index (χ3n) is 3.10. The van der Waals surface area contributed by atoms with Gasteiger partial charge >= 0.3 is 0 Å². The third kappa shape index (κ3) is 3.66. The zero-order valence-electron chi connectivity index (χ0n) is 12.3. The molecule has 1 aromatic heterocycles. The lowest BCUT2D eigenvalue weighted by molar-refractivity contribution is 0.601. The van der Waals surface area contributed by atoms with Crippen molar-refractivity contribution < 1.29 is 8.42 Å². The van der Waals surface area contributed by atoms with E-state index < -0.39 is 10.0 Å². The molecule has 2 rings (SSSR count). The maximum absolute atomic E-state index is 12.3. The first kappa shape index (κ1) is 16.5. The van der Waals surface area contributed by atoms with Crippen molar-refractivity contribution in [2.75, 3.05) is 22.7 Å². The van der Waals surface area contributed by atoms with E-state index in [-0.39, 0.29) is 15.7 Å². The zero-order valence-corrected chi connectivity index (χ0v) is 13.9. The Hall–Kier alpha value is -1.86. The van der Waals surface area contributed by atoms with Crippen molar-refractivity contribution in [1.82, 2.24) is 10.2 Å². The highest BCUT2D eigenvalue weighted by atomic mass is 35.5. The number of halogens is 1. The number of hydrogen-bond donors (Lipinski definition) is 1. The predicted molar refractivity (Wildman–Crippen MR) is 87.9 cm³/mol. The Morgan fingerprint density at radius 3 is 2.32 bits per heavy atom. The maximum Gasteiger partial charge on any atom is 0.264 e. The maximum atomic E-state index is 12.3. The van der Waals surface area contributed by atoms with E-state index in [9.17, 15) is 8.42 Å². The quantitative estimate of drug-likeness (QED) is 0.875. The Bertz CT molecular complexity index is 731. The lowest BCUT2D eigenvalue weighted by Gasteiger charge is -2.18. The first-order valence-electron chi connectivity index (χ1n) is 6.84. The molecule has 0 atom stereocenters. The minimum Gasteiger partial charge on any atom is -0.356 e. The van der Waals surface area contributed by atoms with Crippen molar-refractivity contribution in [2.45, 2.75) is 18.7 Å². The lowest BCUT2D eigenvalue weighted by Crippen LogP contribution is -2.23.